The third-order valence-corrected chi connectivity index (χ3v) is 7.36. The summed E-state index contributed by atoms with van der Waals surface area (Å²) in [5.41, 5.74) is 0.343. The quantitative estimate of drug-likeness (QED) is 0.521. The Morgan fingerprint density at radius 3 is 2.88 bits per heavy atom. The molecule has 1 fully saturated rings. The summed E-state index contributed by atoms with van der Waals surface area (Å²) in [5, 5.41) is 12.9. The molecule has 174 valence electrons. The van der Waals surface area contributed by atoms with Gasteiger partial charge in [-0.2, -0.15) is 0 Å². The number of carbonyl (C=O) groups excluding carboxylic acids is 1. The van der Waals surface area contributed by atoms with Gasteiger partial charge in [-0.1, -0.05) is 6.07 Å². The van der Waals surface area contributed by atoms with Gasteiger partial charge in [-0.15, -0.1) is 11.8 Å². The molecule has 2 atom stereocenters. The number of carbonyl (C=O) groups is 1. The number of hydrogen-bond donors (Lipinski definition) is 1. The molecular formula is C22H17F2N5O4S. The van der Waals surface area contributed by atoms with Crippen LogP contribution in [0.15, 0.2) is 46.7 Å². The van der Waals surface area contributed by atoms with Gasteiger partial charge in [0, 0.05) is 41.9 Å². The Balaban J connectivity index is 1.67. The summed E-state index contributed by atoms with van der Waals surface area (Å²) in [6.45, 7) is 0.640. The molecule has 1 saturated heterocycles. The smallest absolute Gasteiger partial charge is 0.278 e. The summed E-state index contributed by atoms with van der Waals surface area (Å²) in [6.07, 6.45) is 3.71. The van der Waals surface area contributed by atoms with Crippen LogP contribution in [0.4, 0.5) is 8.78 Å². The Bertz CT molecular complexity index is 1400. The van der Waals surface area contributed by atoms with E-state index in [4.69, 9.17) is 4.74 Å². The van der Waals surface area contributed by atoms with Crippen molar-refractivity contribution in [2.24, 2.45) is 0 Å². The number of benzene rings is 1. The van der Waals surface area contributed by atoms with Crippen LogP contribution < -0.4 is 10.4 Å². The normalized spacial score (nSPS) is 21.3. The topological polar surface area (TPSA) is 101 Å². The predicted octanol–water partition coefficient (Wildman–Crippen LogP) is 1.77. The van der Waals surface area contributed by atoms with Crippen molar-refractivity contribution in [3.05, 3.63) is 81.2 Å². The van der Waals surface area contributed by atoms with E-state index in [0.29, 0.717) is 16.2 Å². The van der Waals surface area contributed by atoms with E-state index in [1.54, 1.807) is 11.2 Å². The van der Waals surface area contributed by atoms with E-state index in [2.05, 4.69) is 9.97 Å². The molecule has 3 aliphatic heterocycles. The number of aromatic nitrogens is 3. The van der Waals surface area contributed by atoms with E-state index < -0.39 is 40.9 Å². The molecule has 12 heteroatoms. The summed E-state index contributed by atoms with van der Waals surface area (Å²) < 4.78 is 36.3. The summed E-state index contributed by atoms with van der Waals surface area (Å²) in [5.74, 6) is -2.98. The summed E-state index contributed by atoms with van der Waals surface area (Å²) in [4.78, 5) is 35.5. The number of morpholine rings is 1. The zero-order valence-corrected chi connectivity index (χ0v) is 18.3. The van der Waals surface area contributed by atoms with E-state index in [1.807, 2.05) is 0 Å². The van der Waals surface area contributed by atoms with Crippen molar-refractivity contribution in [2.75, 3.05) is 24.8 Å². The number of thioether (sulfide) groups is 1. The Labute approximate surface area is 195 Å². The monoisotopic (exact) mass is 485 g/mol. The second kappa shape index (κ2) is 7.77. The van der Waals surface area contributed by atoms with Crippen LogP contribution >= 0.6 is 11.8 Å². The molecule has 2 aromatic heterocycles. The van der Waals surface area contributed by atoms with Gasteiger partial charge in [0.2, 0.25) is 5.43 Å². The fourth-order valence-electron chi connectivity index (χ4n) is 4.77. The third-order valence-electron chi connectivity index (χ3n) is 6.32. The van der Waals surface area contributed by atoms with E-state index in [9.17, 15) is 19.1 Å². The molecule has 1 N–H and O–H groups in total. The number of nitrogens with zero attached hydrogens (tertiary/aromatic N) is 5. The highest BCUT2D eigenvalue weighted by molar-refractivity contribution is 7.98. The highest BCUT2D eigenvalue weighted by Gasteiger charge is 2.46. The predicted molar refractivity (Wildman–Crippen MR) is 116 cm³/mol. The molecule has 0 radical (unpaired) electrons. The number of rotatable bonds is 1. The molecule has 6 rings (SSSR count). The number of ether oxygens (including phenoxy) is 1. The van der Waals surface area contributed by atoms with Crippen molar-refractivity contribution >= 4 is 17.7 Å². The minimum Gasteiger partial charge on any atom is -0.502 e. The first-order chi connectivity index (χ1) is 16.5. The summed E-state index contributed by atoms with van der Waals surface area (Å²) >= 11 is 1.25. The van der Waals surface area contributed by atoms with Crippen molar-refractivity contribution in [3.63, 3.8) is 0 Å². The maximum atomic E-state index is 15.0. The highest BCUT2D eigenvalue weighted by atomic mass is 32.2. The van der Waals surface area contributed by atoms with Crippen molar-refractivity contribution in [3.8, 4) is 5.75 Å². The Morgan fingerprint density at radius 1 is 1.18 bits per heavy atom. The van der Waals surface area contributed by atoms with E-state index in [0.717, 1.165) is 12.1 Å². The first-order valence-corrected chi connectivity index (χ1v) is 11.5. The van der Waals surface area contributed by atoms with Gasteiger partial charge >= 0.3 is 0 Å². The van der Waals surface area contributed by atoms with Crippen LogP contribution in [0, 0.1) is 11.6 Å². The first kappa shape index (κ1) is 21.1. The molecular weight excluding hydrogens is 468 g/mol. The average Bonchev–Trinajstić information content (AvgIpc) is 3.01. The van der Waals surface area contributed by atoms with Gasteiger partial charge in [-0.3, -0.25) is 19.3 Å². The molecule has 5 heterocycles. The van der Waals surface area contributed by atoms with E-state index in [1.165, 1.54) is 39.9 Å². The lowest BCUT2D eigenvalue weighted by molar-refractivity contribution is -0.0198. The van der Waals surface area contributed by atoms with Crippen LogP contribution in [0.2, 0.25) is 0 Å². The zero-order valence-electron chi connectivity index (χ0n) is 17.5. The molecule has 0 bridgehead atoms. The van der Waals surface area contributed by atoms with Crippen molar-refractivity contribution in [1.29, 1.82) is 0 Å². The maximum absolute atomic E-state index is 15.0. The van der Waals surface area contributed by atoms with Crippen LogP contribution in [0.1, 0.15) is 33.2 Å². The van der Waals surface area contributed by atoms with Gasteiger partial charge in [-0.25, -0.2) is 18.7 Å². The molecule has 0 spiro atoms. The summed E-state index contributed by atoms with van der Waals surface area (Å²) in [7, 11) is 0. The lowest BCUT2D eigenvalue weighted by Crippen LogP contribution is -2.66. The zero-order chi connectivity index (χ0) is 23.6. The van der Waals surface area contributed by atoms with Gasteiger partial charge < -0.3 is 14.7 Å². The van der Waals surface area contributed by atoms with Crippen molar-refractivity contribution < 1.29 is 23.4 Å². The number of hydrogen-bond acceptors (Lipinski definition) is 8. The minimum atomic E-state index is -0.965. The largest absolute Gasteiger partial charge is 0.502 e. The summed E-state index contributed by atoms with van der Waals surface area (Å²) in [6, 6.07) is 2.94. The van der Waals surface area contributed by atoms with Gasteiger partial charge in [0.1, 0.15) is 23.6 Å². The first-order valence-electron chi connectivity index (χ1n) is 10.5. The molecule has 0 aliphatic carbocycles. The molecule has 1 amide bonds. The molecule has 0 unspecified atom stereocenters. The lowest BCUT2D eigenvalue weighted by atomic mass is 9.94. The average molecular weight is 485 g/mol. The minimum absolute atomic E-state index is 0.129. The molecule has 3 aromatic rings. The number of amides is 1. The molecule has 34 heavy (non-hydrogen) atoms. The second-order valence-corrected chi connectivity index (χ2v) is 9.02. The second-order valence-electron chi connectivity index (χ2n) is 8.06. The number of aromatic hydroxyl groups is 1. The molecule has 1 aromatic carbocycles. The van der Waals surface area contributed by atoms with Crippen molar-refractivity contribution in [1.82, 2.24) is 19.5 Å². The Morgan fingerprint density at radius 2 is 2.03 bits per heavy atom. The number of fused-ring (bicyclic) bond motifs is 4. The van der Waals surface area contributed by atoms with Gasteiger partial charge in [0.15, 0.2) is 23.1 Å². The SMILES string of the molecule is O=C1c2c(O)c(=O)ccn2N([C@@H]2c3cncnc3SCc3c2ccc(F)c3F)[C@@H]2COCCN12. The number of pyridine rings is 1. The van der Waals surface area contributed by atoms with Crippen LogP contribution in [0.3, 0.4) is 0 Å². The van der Waals surface area contributed by atoms with Crippen LogP contribution in [-0.2, 0) is 10.5 Å². The third kappa shape index (κ3) is 2.95. The van der Waals surface area contributed by atoms with Gasteiger partial charge in [0.25, 0.3) is 5.91 Å². The van der Waals surface area contributed by atoms with Gasteiger partial charge in [-0.05, 0) is 11.6 Å². The molecule has 3 aliphatic rings. The highest BCUT2D eigenvalue weighted by Crippen LogP contribution is 2.44. The molecule has 0 saturated carbocycles. The maximum Gasteiger partial charge on any atom is 0.278 e. The Kier molecular flexibility index (Phi) is 4.81. The fraction of sp³-hybridized carbons (Fsp3) is 0.273. The molecule has 9 nitrogen and oxygen atoms in total. The van der Waals surface area contributed by atoms with Crippen molar-refractivity contribution in [2.45, 2.75) is 23.0 Å². The van der Waals surface area contributed by atoms with E-state index >= 15 is 4.39 Å². The standard InChI is InChI=1S/C22H17F2N5O4S/c23-14-2-1-11-13(17(14)24)9-34-21-12(7-25-10-26-21)18(11)29-16-8-33-6-5-27(16)22(32)19-20(31)15(30)3-4-28(19)29/h1-4,7,10,16,18,31H,5-6,8-9H2/t16-,18+/m1/s1. The fourth-order valence-corrected chi connectivity index (χ4v) is 5.80. The van der Waals surface area contributed by atoms with Crippen LogP contribution in [-0.4, -0.2) is 56.5 Å². The van der Waals surface area contributed by atoms with Gasteiger partial charge in [0.05, 0.1) is 13.2 Å². The Hall–Kier alpha value is -3.51. The lowest BCUT2D eigenvalue weighted by Gasteiger charge is -2.51. The number of halogens is 2. The van der Waals surface area contributed by atoms with Crippen LogP contribution in [0.5, 0.6) is 5.75 Å². The van der Waals surface area contributed by atoms with Crippen LogP contribution in [0.25, 0.3) is 0 Å². The van der Waals surface area contributed by atoms with E-state index in [-0.39, 0.29) is 36.8 Å².